The minimum Gasteiger partial charge on any atom is -0.463 e. The van der Waals surface area contributed by atoms with Crippen LogP contribution in [-0.4, -0.2) is 22.4 Å². The van der Waals surface area contributed by atoms with Gasteiger partial charge < -0.3 is 4.74 Å². The topological polar surface area (TPSA) is 44.1 Å². The molecule has 1 aromatic heterocycles. The van der Waals surface area contributed by atoms with E-state index >= 15 is 0 Å². The van der Waals surface area contributed by atoms with Crippen molar-refractivity contribution < 1.29 is 9.53 Å². The highest BCUT2D eigenvalue weighted by Gasteiger charge is 2.03. The lowest BCUT2D eigenvalue weighted by molar-refractivity contribution is -0.137. The van der Waals surface area contributed by atoms with E-state index in [1.165, 1.54) is 6.08 Å². The summed E-state index contributed by atoms with van der Waals surface area (Å²) in [6.45, 7) is 7.19. The molecule has 88 valence electrons. The maximum absolute atomic E-state index is 11.1. The van der Waals surface area contributed by atoms with E-state index in [9.17, 15) is 4.79 Å². The fraction of sp³-hybridized carbons (Fsp3) is 0.500. The van der Waals surface area contributed by atoms with Crippen molar-refractivity contribution in [3.05, 3.63) is 23.5 Å². The monoisotopic (exact) mass is 222 g/mol. The molecule has 0 N–H and O–H groups in total. The second-order valence-corrected chi connectivity index (χ2v) is 3.49. The highest BCUT2D eigenvalue weighted by molar-refractivity contribution is 5.87. The lowest BCUT2D eigenvalue weighted by atomic mass is 10.2. The highest BCUT2D eigenvalue weighted by atomic mass is 16.5. The van der Waals surface area contributed by atoms with Gasteiger partial charge in [0.25, 0.3) is 0 Å². The molecule has 0 atom stereocenters. The predicted octanol–water partition coefficient (Wildman–Crippen LogP) is 2.18. The first-order chi connectivity index (χ1) is 7.69. The summed E-state index contributed by atoms with van der Waals surface area (Å²) in [6.07, 6.45) is 5.99. The number of nitrogens with zero attached hydrogens (tertiary/aromatic N) is 2. The first kappa shape index (κ1) is 12.5. The summed E-state index contributed by atoms with van der Waals surface area (Å²) in [5.41, 5.74) is 2.03. The van der Waals surface area contributed by atoms with Gasteiger partial charge in [-0.2, -0.15) is 5.10 Å². The Morgan fingerprint density at radius 1 is 1.56 bits per heavy atom. The van der Waals surface area contributed by atoms with Crippen LogP contribution in [-0.2, 0) is 16.1 Å². The summed E-state index contributed by atoms with van der Waals surface area (Å²) in [7, 11) is 0. The van der Waals surface area contributed by atoms with E-state index < -0.39 is 0 Å². The third kappa shape index (κ3) is 3.22. The third-order valence-corrected chi connectivity index (χ3v) is 2.26. The van der Waals surface area contributed by atoms with Crippen molar-refractivity contribution in [1.29, 1.82) is 0 Å². The Bertz CT molecular complexity index is 380. The van der Waals surface area contributed by atoms with E-state index in [1.54, 1.807) is 19.2 Å². The van der Waals surface area contributed by atoms with Crippen LogP contribution in [0, 0.1) is 6.92 Å². The van der Waals surface area contributed by atoms with E-state index in [0.29, 0.717) is 6.61 Å². The van der Waals surface area contributed by atoms with E-state index in [-0.39, 0.29) is 5.97 Å². The highest BCUT2D eigenvalue weighted by Crippen LogP contribution is 2.09. The van der Waals surface area contributed by atoms with Crippen molar-refractivity contribution in [2.45, 2.75) is 33.7 Å². The predicted molar refractivity (Wildman–Crippen MR) is 62.9 cm³/mol. The van der Waals surface area contributed by atoms with Gasteiger partial charge in [0.1, 0.15) is 0 Å². The van der Waals surface area contributed by atoms with Gasteiger partial charge >= 0.3 is 5.97 Å². The van der Waals surface area contributed by atoms with Crippen LogP contribution in [0.5, 0.6) is 0 Å². The fourth-order valence-corrected chi connectivity index (χ4v) is 1.41. The quantitative estimate of drug-likeness (QED) is 0.566. The van der Waals surface area contributed by atoms with E-state index in [0.717, 1.165) is 24.2 Å². The molecule has 0 aliphatic rings. The van der Waals surface area contributed by atoms with Crippen molar-refractivity contribution in [3.8, 4) is 0 Å². The van der Waals surface area contributed by atoms with Crippen molar-refractivity contribution in [2.75, 3.05) is 6.61 Å². The SMILES string of the molecule is CCCn1ncc(C=CC(=O)OCC)c1C. The average Bonchev–Trinajstić information content (AvgIpc) is 2.59. The van der Waals surface area contributed by atoms with Gasteiger partial charge in [-0.05, 0) is 26.3 Å². The number of aromatic nitrogens is 2. The maximum Gasteiger partial charge on any atom is 0.330 e. The van der Waals surface area contributed by atoms with Crippen molar-refractivity contribution in [3.63, 3.8) is 0 Å². The molecule has 0 saturated carbocycles. The van der Waals surface area contributed by atoms with E-state index in [2.05, 4.69) is 12.0 Å². The van der Waals surface area contributed by atoms with Gasteiger partial charge in [0.05, 0.1) is 12.8 Å². The third-order valence-electron chi connectivity index (χ3n) is 2.26. The largest absolute Gasteiger partial charge is 0.463 e. The normalized spacial score (nSPS) is 10.9. The van der Waals surface area contributed by atoms with Gasteiger partial charge in [0, 0.05) is 23.9 Å². The standard InChI is InChI=1S/C12H18N2O2/c1-4-8-14-10(3)11(9-13-14)6-7-12(15)16-5-2/h6-7,9H,4-5,8H2,1-3H3. The Labute approximate surface area is 95.9 Å². The molecule has 0 amide bonds. The lowest BCUT2D eigenvalue weighted by Gasteiger charge is -2.01. The molecule has 0 aromatic carbocycles. The molecule has 0 radical (unpaired) electrons. The number of hydrogen-bond donors (Lipinski definition) is 0. The second-order valence-electron chi connectivity index (χ2n) is 3.49. The first-order valence-corrected chi connectivity index (χ1v) is 5.56. The zero-order valence-electron chi connectivity index (χ0n) is 10.1. The molecule has 1 aromatic rings. The number of rotatable bonds is 5. The van der Waals surface area contributed by atoms with Crippen molar-refractivity contribution in [2.24, 2.45) is 0 Å². The molecule has 4 nitrogen and oxygen atoms in total. The smallest absolute Gasteiger partial charge is 0.330 e. The minimum absolute atomic E-state index is 0.315. The first-order valence-electron chi connectivity index (χ1n) is 5.56. The molecule has 0 aliphatic carbocycles. The second kappa shape index (κ2) is 6.10. The summed E-state index contributed by atoms with van der Waals surface area (Å²) in [4.78, 5) is 11.1. The fourth-order valence-electron chi connectivity index (χ4n) is 1.41. The van der Waals surface area contributed by atoms with Crippen LogP contribution in [0.1, 0.15) is 31.5 Å². The number of esters is 1. The molecular formula is C12H18N2O2. The Morgan fingerprint density at radius 3 is 2.94 bits per heavy atom. The van der Waals surface area contributed by atoms with Crippen molar-refractivity contribution in [1.82, 2.24) is 9.78 Å². The summed E-state index contributed by atoms with van der Waals surface area (Å²) < 4.78 is 6.74. The Kier molecular flexibility index (Phi) is 4.76. The number of carbonyl (C=O) groups excluding carboxylic acids is 1. The summed E-state index contributed by atoms with van der Waals surface area (Å²) in [5, 5.41) is 4.24. The molecule has 0 bridgehead atoms. The minimum atomic E-state index is -0.315. The zero-order valence-corrected chi connectivity index (χ0v) is 10.1. The van der Waals surface area contributed by atoms with Crippen LogP contribution in [0.15, 0.2) is 12.3 Å². The molecule has 4 heteroatoms. The van der Waals surface area contributed by atoms with Gasteiger partial charge in [-0.3, -0.25) is 4.68 Å². The molecule has 1 rings (SSSR count). The molecule has 16 heavy (non-hydrogen) atoms. The van der Waals surface area contributed by atoms with Gasteiger partial charge in [-0.15, -0.1) is 0 Å². The van der Waals surface area contributed by atoms with Crippen LogP contribution in [0.3, 0.4) is 0 Å². The van der Waals surface area contributed by atoms with Crippen LogP contribution < -0.4 is 0 Å². The van der Waals surface area contributed by atoms with E-state index in [1.807, 2.05) is 11.6 Å². The van der Waals surface area contributed by atoms with Crippen LogP contribution in [0.2, 0.25) is 0 Å². The number of carbonyl (C=O) groups is 1. The molecule has 0 fully saturated rings. The van der Waals surface area contributed by atoms with Crippen molar-refractivity contribution >= 4 is 12.0 Å². The van der Waals surface area contributed by atoms with Gasteiger partial charge in [0.15, 0.2) is 0 Å². The Balaban J connectivity index is 2.70. The van der Waals surface area contributed by atoms with Crippen LogP contribution >= 0.6 is 0 Å². The molecule has 0 spiro atoms. The number of aryl methyl sites for hydroxylation is 1. The van der Waals surface area contributed by atoms with Gasteiger partial charge in [-0.1, -0.05) is 6.92 Å². The molecular weight excluding hydrogens is 204 g/mol. The average molecular weight is 222 g/mol. The lowest BCUT2D eigenvalue weighted by Crippen LogP contribution is -2.01. The number of hydrogen-bond acceptors (Lipinski definition) is 3. The molecule has 0 aliphatic heterocycles. The van der Waals surface area contributed by atoms with Crippen LogP contribution in [0.4, 0.5) is 0 Å². The molecule has 0 saturated heterocycles. The summed E-state index contributed by atoms with van der Waals surface area (Å²) >= 11 is 0. The molecule has 1 heterocycles. The molecule has 0 unspecified atom stereocenters. The summed E-state index contributed by atoms with van der Waals surface area (Å²) in [5.74, 6) is -0.315. The number of ether oxygens (including phenoxy) is 1. The van der Waals surface area contributed by atoms with Gasteiger partial charge in [-0.25, -0.2) is 4.79 Å². The Hall–Kier alpha value is -1.58. The zero-order chi connectivity index (χ0) is 12.0. The maximum atomic E-state index is 11.1. The van der Waals surface area contributed by atoms with Crippen LogP contribution in [0.25, 0.3) is 6.08 Å². The summed E-state index contributed by atoms with van der Waals surface area (Å²) in [6, 6.07) is 0. The van der Waals surface area contributed by atoms with Gasteiger partial charge in [0.2, 0.25) is 0 Å². The van der Waals surface area contributed by atoms with E-state index in [4.69, 9.17) is 4.74 Å². The Morgan fingerprint density at radius 2 is 2.31 bits per heavy atom.